The second-order valence-electron chi connectivity index (χ2n) is 3.33. The fourth-order valence-corrected chi connectivity index (χ4v) is 1.46. The van der Waals surface area contributed by atoms with E-state index in [1.54, 1.807) is 0 Å². The highest BCUT2D eigenvalue weighted by molar-refractivity contribution is 5.29. The van der Waals surface area contributed by atoms with Crippen molar-refractivity contribution in [2.75, 3.05) is 0 Å². The molecule has 0 saturated carbocycles. The van der Waals surface area contributed by atoms with Crippen LogP contribution < -0.4 is 0 Å². The van der Waals surface area contributed by atoms with Crippen molar-refractivity contribution in [3.63, 3.8) is 0 Å². The van der Waals surface area contributed by atoms with Gasteiger partial charge in [0.25, 0.3) is 0 Å². The average molecular weight is 227 g/mol. The SMILES string of the molecule is N=C=O.OC(c1ccccc1)c1ccccc1. The molecule has 0 radical (unpaired) electrons. The summed E-state index contributed by atoms with van der Waals surface area (Å²) in [6.07, 6.45) is 0.234. The van der Waals surface area contributed by atoms with E-state index < -0.39 is 6.10 Å². The van der Waals surface area contributed by atoms with E-state index in [0.717, 1.165) is 17.2 Å². The molecule has 2 N–H and O–H groups in total. The second-order valence-corrected chi connectivity index (χ2v) is 3.33. The molecule has 3 nitrogen and oxygen atoms in total. The number of carbonyl (C=O) groups excluding carboxylic acids is 1. The molecular formula is C14H13NO2. The fraction of sp³-hybridized carbons (Fsp3) is 0.0714. The summed E-state index contributed by atoms with van der Waals surface area (Å²) in [5, 5.41) is 15.4. The summed E-state index contributed by atoms with van der Waals surface area (Å²) in [5.74, 6) is 0. The Bertz CT molecular complexity index is 423. The standard InChI is InChI=1S/C13H12O.CHNO/c14-13(11-7-3-1-4-8-11)12-9-5-2-6-10-12;2-1-3/h1-10,13-14H;2H. The minimum atomic E-state index is -0.516. The number of hydrogen-bond donors (Lipinski definition) is 2. The van der Waals surface area contributed by atoms with Crippen LogP contribution in [0.4, 0.5) is 0 Å². The van der Waals surface area contributed by atoms with Gasteiger partial charge in [0, 0.05) is 0 Å². The molecule has 0 unspecified atom stereocenters. The van der Waals surface area contributed by atoms with Gasteiger partial charge in [0.15, 0.2) is 0 Å². The molecule has 0 aliphatic rings. The highest BCUT2D eigenvalue weighted by Gasteiger charge is 2.07. The molecule has 0 spiro atoms. The first-order valence-corrected chi connectivity index (χ1v) is 5.11. The minimum absolute atomic E-state index is 0.516. The van der Waals surface area contributed by atoms with E-state index in [4.69, 9.17) is 10.2 Å². The Balaban J connectivity index is 0.000000437. The van der Waals surface area contributed by atoms with Gasteiger partial charge in [-0.15, -0.1) is 0 Å². The molecular weight excluding hydrogens is 214 g/mol. The van der Waals surface area contributed by atoms with Crippen LogP contribution in [0.5, 0.6) is 0 Å². The molecule has 2 aromatic carbocycles. The maximum Gasteiger partial charge on any atom is 0.231 e. The van der Waals surface area contributed by atoms with Crippen molar-refractivity contribution in [2.24, 2.45) is 0 Å². The Morgan fingerprint density at radius 2 is 1.18 bits per heavy atom. The molecule has 0 bridgehead atoms. The summed E-state index contributed by atoms with van der Waals surface area (Å²) in [6, 6.07) is 19.3. The molecule has 3 heteroatoms. The van der Waals surface area contributed by atoms with E-state index >= 15 is 0 Å². The first-order valence-electron chi connectivity index (χ1n) is 5.11. The molecule has 0 heterocycles. The van der Waals surface area contributed by atoms with Crippen molar-refractivity contribution in [1.29, 1.82) is 5.41 Å². The third-order valence-electron chi connectivity index (χ3n) is 2.23. The lowest BCUT2D eigenvalue weighted by molar-refractivity contribution is 0.220. The zero-order valence-electron chi connectivity index (χ0n) is 9.21. The third kappa shape index (κ3) is 4.03. The highest BCUT2D eigenvalue weighted by Crippen LogP contribution is 2.20. The number of benzene rings is 2. The van der Waals surface area contributed by atoms with Crippen LogP contribution in [0.2, 0.25) is 0 Å². The van der Waals surface area contributed by atoms with Crippen molar-refractivity contribution >= 4 is 6.08 Å². The van der Waals surface area contributed by atoms with Crippen LogP contribution in [-0.2, 0) is 4.79 Å². The van der Waals surface area contributed by atoms with Crippen molar-refractivity contribution < 1.29 is 9.90 Å². The van der Waals surface area contributed by atoms with Crippen LogP contribution in [0.15, 0.2) is 60.7 Å². The van der Waals surface area contributed by atoms with Gasteiger partial charge in [0.1, 0.15) is 6.10 Å². The second kappa shape index (κ2) is 7.12. The van der Waals surface area contributed by atoms with Crippen LogP contribution in [-0.4, -0.2) is 11.2 Å². The molecule has 17 heavy (non-hydrogen) atoms. The molecule has 2 rings (SSSR count). The van der Waals surface area contributed by atoms with E-state index in [9.17, 15) is 5.11 Å². The van der Waals surface area contributed by atoms with Gasteiger partial charge in [0.05, 0.1) is 0 Å². The van der Waals surface area contributed by atoms with Crippen molar-refractivity contribution in [3.05, 3.63) is 71.8 Å². The smallest absolute Gasteiger partial charge is 0.231 e. The molecule has 2 aromatic rings. The first-order chi connectivity index (χ1) is 8.29. The van der Waals surface area contributed by atoms with Gasteiger partial charge >= 0.3 is 0 Å². The quantitative estimate of drug-likeness (QED) is 0.612. The maximum atomic E-state index is 9.99. The minimum Gasteiger partial charge on any atom is -0.384 e. The largest absolute Gasteiger partial charge is 0.384 e. The Labute approximate surface area is 99.9 Å². The topological polar surface area (TPSA) is 61.2 Å². The molecule has 0 saturated heterocycles. The zero-order valence-corrected chi connectivity index (χ0v) is 9.21. The van der Waals surface area contributed by atoms with Crippen LogP contribution in [0.25, 0.3) is 0 Å². The van der Waals surface area contributed by atoms with Gasteiger partial charge in [-0.05, 0) is 11.1 Å². The Hall–Kier alpha value is -2.22. The lowest BCUT2D eigenvalue weighted by Crippen LogP contribution is -1.98. The van der Waals surface area contributed by atoms with E-state index in [0.29, 0.717) is 0 Å². The van der Waals surface area contributed by atoms with Gasteiger partial charge in [0.2, 0.25) is 6.08 Å². The number of aliphatic hydroxyl groups excluding tert-OH is 1. The summed E-state index contributed by atoms with van der Waals surface area (Å²) in [4.78, 5) is 8.35. The van der Waals surface area contributed by atoms with E-state index in [1.807, 2.05) is 60.7 Å². The number of nitrogens with one attached hydrogen (secondary N) is 1. The normalized spacial score (nSPS) is 9.06. The van der Waals surface area contributed by atoms with Crippen molar-refractivity contribution in [2.45, 2.75) is 6.10 Å². The molecule has 0 aliphatic heterocycles. The van der Waals surface area contributed by atoms with Crippen molar-refractivity contribution in [3.8, 4) is 0 Å². The van der Waals surface area contributed by atoms with Crippen LogP contribution in [0.3, 0.4) is 0 Å². The molecule has 86 valence electrons. The summed E-state index contributed by atoms with van der Waals surface area (Å²) in [5.41, 5.74) is 1.86. The zero-order chi connectivity index (χ0) is 12.5. The average Bonchev–Trinajstić information content (AvgIpc) is 2.41. The highest BCUT2D eigenvalue weighted by atomic mass is 16.3. The predicted octanol–water partition coefficient (Wildman–Crippen LogP) is 2.67. The Kier molecular flexibility index (Phi) is 5.38. The number of rotatable bonds is 2. The maximum absolute atomic E-state index is 9.99. The van der Waals surface area contributed by atoms with Crippen molar-refractivity contribution in [1.82, 2.24) is 0 Å². The van der Waals surface area contributed by atoms with Gasteiger partial charge in [-0.3, -0.25) is 0 Å². The Morgan fingerprint density at radius 1 is 0.882 bits per heavy atom. The summed E-state index contributed by atoms with van der Waals surface area (Å²) < 4.78 is 0. The van der Waals surface area contributed by atoms with E-state index in [1.165, 1.54) is 0 Å². The van der Waals surface area contributed by atoms with Gasteiger partial charge in [-0.1, -0.05) is 60.7 Å². The van der Waals surface area contributed by atoms with Crippen LogP contribution in [0, 0.1) is 5.41 Å². The number of hydrogen-bond acceptors (Lipinski definition) is 3. The number of isocyanates is 1. The molecule has 0 aliphatic carbocycles. The monoisotopic (exact) mass is 227 g/mol. The van der Waals surface area contributed by atoms with Crippen LogP contribution in [0.1, 0.15) is 17.2 Å². The molecule has 0 amide bonds. The summed E-state index contributed by atoms with van der Waals surface area (Å²) >= 11 is 0. The predicted molar refractivity (Wildman–Crippen MR) is 65.4 cm³/mol. The Morgan fingerprint density at radius 3 is 1.47 bits per heavy atom. The summed E-state index contributed by atoms with van der Waals surface area (Å²) in [6.45, 7) is 0. The fourth-order valence-electron chi connectivity index (χ4n) is 1.46. The lowest BCUT2D eigenvalue weighted by atomic mass is 10.0. The van der Waals surface area contributed by atoms with Gasteiger partial charge in [-0.2, -0.15) is 0 Å². The molecule has 0 aromatic heterocycles. The third-order valence-corrected chi connectivity index (χ3v) is 2.23. The number of aliphatic hydroxyl groups is 1. The van der Waals surface area contributed by atoms with Gasteiger partial charge < -0.3 is 5.11 Å². The lowest BCUT2D eigenvalue weighted by Gasteiger charge is -2.10. The summed E-state index contributed by atoms with van der Waals surface area (Å²) in [7, 11) is 0. The molecule has 0 atom stereocenters. The molecule has 0 fully saturated rings. The van der Waals surface area contributed by atoms with E-state index in [2.05, 4.69) is 0 Å². The first kappa shape index (κ1) is 12.8. The van der Waals surface area contributed by atoms with Gasteiger partial charge in [-0.25, -0.2) is 10.2 Å². The van der Waals surface area contributed by atoms with E-state index in [-0.39, 0.29) is 0 Å². The van der Waals surface area contributed by atoms with Crippen LogP contribution >= 0.6 is 0 Å².